The monoisotopic (exact) mass is 312 g/mol. The molecule has 2 aromatic carbocycles. The SMILES string of the molecule is [N-]=[N+]=C1C=Cc2ccccc2C1OS(=O)(=O)c1ccccc1. The Morgan fingerprint density at radius 3 is 2.36 bits per heavy atom. The van der Waals surface area contributed by atoms with Crippen LogP contribution in [0.25, 0.3) is 11.6 Å². The molecule has 22 heavy (non-hydrogen) atoms. The summed E-state index contributed by atoms with van der Waals surface area (Å²) in [5, 5.41) is 0. The van der Waals surface area contributed by atoms with Gasteiger partial charge in [0.1, 0.15) is 0 Å². The molecule has 5 nitrogen and oxygen atoms in total. The third-order valence-electron chi connectivity index (χ3n) is 3.35. The van der Waals surface area contributed by atoms with Crippen LogP contribution in [0.3, 0.4) is 0 Å². The van der Waals surface area contributed by atoms with Crippen molar-refractivity contribution in [2.75, 3.05) is 0 Å². The van der Waals surface area contributed by atoms with Crippen molar-refractivity contribution in [2.24, 2.45) is 0 Å². The largest absolute Gasteiger partial charge is 0.361 e. The first kappa shape index (κ1) is 14.4. The summed E-state index contributed by atoms with van der Waals surface area (Å²) in [6.07, 6.45) is 2.31. The summed E-state index contributed by atoms with van der Waals surface area (Å²) in [6, 6.07) is 15.1. The zero-order chi connectivity index (χ0) is 15.6. The standard InChI is InChI=1S/C16H12N2O3S/c17-18-15-11-10-12-6-4-5-9-14(12)16(15)21-22(19,20)13-7-2-1-3-8-13/h1-11,16H. The average Bonchev–Trinajstić information content (AvgIpc) is 2.56. The van der Waals surface area contributed by atoms with E-state index in [9.17, 15) is 8.42 Å². The van der Waals surface area contributed by atoms with Gasteiger partial charge in [-0.3, -0.25) is 0 Å². The minimum absolute atomic E-state index is 0.0549. The van der Waals surface area contributed by atoms with Gasteiger partial charge in [-0.25, -0.2) is 4.18 Å². The van der Waals surface area contributed by atoms with Crippen molar-refractivity contribution >= 4 is 21.9 Å². The van der Waals surface area contributed by atoms with Gasteiger partial charge in [-0.05, 0) is 23.8 Å². The molecule has 0 aliphatic heterocycles. The van der Waals surface area contributed by atoms with Crippen molar-refractivity contribution in [3.8, 4) is 0 Å². The van der Waals surface area contributed by atoms with Crippen LogP contribution in [0.5, 0.6) is 0 Å². The number of nitrogens with zero attached hydrogens (tertiary/aromatic N) is 2. The van der Waals surface area contributed by atoms with Crippen LogP contribution in [0.1, 0.15) is 17.2 Å². The first-order valence-electron chi connectivity index (χ1n) is 6.59. The van der Waals surface area contributed by atoms with E-state index >= 15 is 0 Å². The molecule has 0 N–H and O–H groups in total. The quantitative estimate of drug-likeness (QED) is 0.496. The zero-order valence-corrected chi connectivity index (χ0v) is 12.3. The van der Waals surface area contributed by atoms with Gasteiger partial charge >= 0.3 is 5.71 Å². The van der Waals surface area contributed by atoms with Crippen LogP contribution in [0.15, 0.2) is 65.6 Å². The highest BCUT2D eigenvalue weighted by Gasteiger charge is 2.34. The lowest BCUT2D eigenvalue weighted by molar-refractivity contribution is -0.0163. The predicted octanol–water partition coefficient (Wildman–Crippen LogP) is 2.83. The second-order valence-corrected chi connectivity index (χ2v) is 6.30. The van der Waals surface area contributed by atoms with E-state index in [1.54, 1.807) is 36.4 Å². The Morgan fingerprint density at radius 1 is 0.955 bits per heavy atom. The smallest absolute Gasteiger partial charge is 0.326 e. The minimum atomic E-state index is -3.97. The Balaban J connectivity index is 2.04. The molecule has 110 valence electrons. The van der Waals surface area contributed by atoms with Gasteiger partial charge < -0.3 is 5.53 Å². The molecular formula is C16H12N2O3S. The fourth-order valence-electron chi connectivity index (χ4n) is 2.28. The number of fused-ring (bicyclic) bond motifs is 1. The van der Waals surface area contributed by atoms with Gasteiger partial charge in [0.05, 0.1) is 4.90 Å². The van der Waals surface area contributed by atoms with Crippen LogP contribution in [0.2, 0.25) is 0 Å². The molecule has 1 aliphatic carbocycles. The third kappa shape index (κ3) is 2.63. The Kier molecular flexibility index (Phi) is 3.73. The van der Waals surface area contributed by atoms with E-state index in [2.05, 4.69) is 4.79 Å². The van der Waals surface area contributed by atoms with E-state index in [1.165, 1.54) is 18.2 Å². The maximum atomic E-state index is 12.4. The van der Waals surface area contributed by atoms with E-state index in [-0.39, 0.29) is 10.6 Å². The molecule has 0 amide bonds. The van der Waals surface area contributed by atoms with Gasteiger partial charge in [0.15, 0.2) is 0 Å². The summed E-state index contributed by atoms with van der Waals surface area (Å²) in [4.78, 5) is 3.20. The highest BCUT2D eigenvalue weighted by Crippen LogP contribution is 2.31. The maximum Gasteiger partial charge on any atom is 0.326 e. The van der Waals surface area contributed by atoms with Gasteiger partial charge in [0.25, 0.3) is 10.1 Å². The fraction of sp³-hybridized carbons (Fsp3) is 0.0625. The van der Waals surface area contributed by atoms with E-state index < -0.39 is 16.2 Å². The van der Waals surface area contributed by atoms with Crippen LogP contribution in [0, 0.1) is 0 Å². The molecule has 1 unspecified atom stereocenters. The molecule has 0 fully saturated rings. The van der Waals surface area contributed by atoms with Gasteiger partial charge in [-0.2, -0.15) is 13.2 Å². The molecule has 0 spiro atoms. The number of hydrogen-bond donors (Lipinski definition) is 0. The van der Waals surface area contributed by atoms with Gasteiger partial charge in [-0.1, -0.05) is 42.5 Å². The van der Waals surface area contributed by atoms with Crippen LogP contribution in [-0.2, 0) is 14.3 Å². The highest BCUT2D eigenvalue weighted by atomic mass is 32.2. The predicted molar refractivity (Wildman–Crippen MR) is 81.6 cm³/mol. The van der Waals surface area contributed by atoms with E-state index in [4.69, 9.17) is 9.71 Å². The molecule has 0 saturated heterocycles. The molecule has 0 saturated carbocycles. The lowest BCUT2D eigenvalue weighted by Crippen LogP contribution is -2.22. The maximum absolute atomic E-state index is 12.4. The molecule has 0 bridgehead atoms. The molecule has 3 rings (SSSR count). The third-order valence-corrected chi connectivity index (χ3v) is 4.65. The van der Waals surface area contributed by atoms with Crippen LogP contribution >= 0.6 is 0 Å². The molecular weight excluding hydrogens is 300 g/mol. The first-order chi connectivity index (χ1) is 10.6. The lowest BCUT2D eigenvalue weighted by atomic mass is 9.94. The summed E-state index contributed by atoms with van der Waals surface area (Å²) >= 11 is 0. The molecule has 1 aliphatic rings. The Bertz CT molecular complexity index is 883. The zero-order valence-electron chi connectivity index (χ0n) is 11.5. The molecule has 2 aromatic rings. The van der Waals surface area contributed by atoms with Crippen molar-refractivity contribution in [3.63, 3.8) is 0 Å². The molecule has 1 atom stereocenters. The van der Waals surface area contributed by atoms with Crippen molar-refractivity contribution in [1.29, 1.82) is 0 Å². The second kappa shape index (κ2) is 5.69. The average molecular weight is 312 g/mol. The van der Waals surface area contributed by atoms with Crippen molar-refractivity contribution in [3.05, 3.63) is 77.3 Å². The molecule has 6 heteroatoms. The van der Waals surface area contributed by atoms with Crippen molar-refractivity contribution < 1.29 is 17.4 Å². The summed E-state index contributed by atoms with van der Waals surface area (Å²) in [6.45, 7) is 0. The molecule has 0 radical (unpaired) electrons. The van der Waals surface area contributed by atoms with E-state index in [1.807, 2.05) is 12.1 Å². The Morgan fingerprint density at radius 2 is 1.64 bits per heavy atom. The Labute approximate surface area is 128 Å². The van der Waals surface area contributed by atoms with Gasteiger partial charge in [-0.15, -0.1) is 0 Å². The molecule has 0 aromatic heterocycles. The summed E-state index contributed by atoms with van der Waals surface area (Å²) in [5.41, 5.74) is 10.7. The van der Waals surface area contributed by atoms with Crippen LogP contribution in [-0.4, -0.2) is 18.9 Å². The highest BCUT2D eigenvalue weighted by molar-refractivity contribution is 7.86. The van der Waals surface area contributed by atoms with E-state index in [0.29, 0.717) is 5.56 Å². The van der Waals surface area contributed by atoms with Crippen molar-refractivity contribution in [1.82, 2.24) is 0 Å². The topological polar surface area (TPSA) is 79.8 Å². The number of benzene rings is 2. The number of rotatable bonds is 3. The van der Waals surface area contributed by atoms with Crippen molar-refractivity contribution in [2.45, 2.75) is 11.0 Å². The van der Waals surface area contributed by atoms with Crippen LogP contribution < -0.4 is 0 Å². The first-order valence-corrected chi connectivity index (χ1v) is 8.00. The second-order valence-electron chi connectivity index (χ2n) is 4.73. The van der Waals surface area contributed by atoms with Crippen LogP contribution in [0.4, 0.5) is 0 Å². The summed E-state index contributed by atoms with van der Waals surface area (Å²) in [5.74, 6) is 0. The summed E-state index contributed by atoms with van der Waals surface area (Å²) < 4.78 is 30.1. The molecule has 0 heterocycles. The lowest BCUT2D eigenvalue weighted by Gasteiger charge is -2.18. The normalized spacial score (nSPS) is 16.9. The fourth-order valence-corrected chi connectivity index (χ4v) is 3.34. The number of hydrogen-bond acceptors (Lipinski definition) is 3. The van der Waals surface area contributed by atoms with Gasteiger partial charge in [0.2, 0.25) is 6.10 Å². The summed E-state index contributed by atoms with van der Waals surface area (Å²) in [7, 11) is -3.97. The van der Waals surface area contributed by atoms with E-state index in [0.717, 1.165) is 5.56 Å². The minimum Gasteiger partial charge on any atom is -0.361 e. The Hall–Kier alpha value is -2.53. The van der Waals surface area contributed by atoms with Gasteiger partial charge in [0, 0.05) is 11.6 Å².